The summed E-state index contributed by atoms with van der Waals surface area (Å²) >= 11 is 6.80. The summed E-state index contributed by atoms with van der Waals surface area (Å²) in [6.45, 7) is 2.12. The smallest absolute Gasteiger partial charge is 0.315 e. The minimum Gasteiger partial charge on any atom is -0.315 e. The summed E-state index contributed by atoms with van der Waals surface area (Å²) in [4.78, 5) is 26.6. The normalized spacial score (nSPS) is 16.6. The SMILES string of the molecule is CCN1C(=O)NC(c2ccc(Br)cc2)(c2ccc(Br)cc2)C1=O. The fraction of sp³-hybridized carbons (Fsp3) is 0.176. The number of imide groups is 1. The van der Waals surface area contributed by atoms with Gasteiger partial charge >= 0.3 is 6.03 Å². The number of carbonyl (C=O) groups is 2. The number of nitrogens with zero attached hydrogens (tertiary/aromatic N) is 1. The third-order valence-electron chi connectivity index (χ3n) is 3.98. The first-order chi connectivity index (χ1) is 11.0. The summed E-state index contributed by atoms with van der Waals surface area (Å²) < 4.78 is 1.83. The molecule has 1 aliphatic rings. The zero-order valence-electron chi connectivity index (χ0n) is 12.3. The van der Waals surface area contributed by atoms with Crippen molar-refractivity contribution < 1.29 is 9.59 Å². The van der Waals surface area contributed by atoms with Gasteiger partial charge < -0.3 is 5.32 Å². The predicted octanol–water partition coefficient (Wildman–Crippen LogP) is 4.03. The van der Waals surface area contributed by atoms with Gasteiger partial charge in [0, 0.05) is 15.5 Å². The lowest BCUT2D eigenvalue weighted by Gasteiger charge is -2.28. The molecular formula is C17H14Br2N2O2. The molecule has 1 fully saturated rings. The van der Waals surface area contributed by atoms with Gasteiger partial charge in [-0.25, -0.2) is 4.79 Å². The molecule has 6 heteroatoms. The Labute approximate surface area is 151 Å². The Morgan fingerprint density at radius 3 is 1.70 bits per heavy atom. The van der Waals surface area contributed by atoms with Crippen LogP contribution in [0.25, 0.3) is 0 Å². The fourth-order valence-corrected chi connectivity index (χ4v) is 3.35. The van der Waals surface area contributed by atoms with Gasteiger partial charge in [0.15, 0.2) is 5.54 Å². The predicted molar refractivity (Wildman–Crippen MR) is 95.0 cm³/mol. The molecule has 2 aromatic carbocycles. The van der Waals surface area contributed by atoms with E-state index >= 15 is 0 Å². The maximum atomic E-state index is 13.1. The van der Waals surface area contributed by atoms with E-state index in [-0.39, 0.29) is 11.9 Å². The highest BCUT2D eigenvalue weighted by Crippen LogP contribution is 2.37. The number of hydrogen-bond donors (Lipinski definition) is 1. The lowest BCUT2D eigenvalue weighted by molar-refractivity contribution is -0.130. The topological polar surface area (TPSA) is 49.4 Å². The van der Waals surface area contributed by atoms with Crippen LogP contribution in [0.3, 0.4) is 0 Å². The molecule has 1 heterocycles. The molecule has 4 nitrogen and oxygen atoms in total. The van der Waals surface area contributed by atoms with Crippen molar-refractivity contribution in [3.05, 3.63) is 68.6 Å². The summed E-state index contributed by atoms with van der Waals surface area (Å²) in [5.74, 6) is -0.255. The molecule has 1 saturated heterocycles. The maximum Gasteiger partial charge on any atom is 0.325 e. The van der Waals surface area contributed by atoms with Gasteiger partial charge in [-0.1, -0.05) is 56.1 Å². The summed E-state index contributed by atoms with van der Waals surface area (Å²) in [5, 5.41) is 2.90. The van der Waals surface area contributed by atoms with Crippen LogP contribution >= 0.6 is 31.9 Å². The van der Waals surface area contributed by atoms with Crippen LogP contribution in [0.4, 0.5) is 4.79 Å². The number of urea groups is 1. The van der Waals surface area contributed by atoms with Gasteiger partial charge in [0.05, 0.1) is 0 Å². The van der Waals surface area contributed by atoms with Gasteiger partial charge in [0.1, 0.15) is 0 Å². The number of likely N-dealkylation sites (N-methyl/N-ethyl adjacent to an activating group) is 1. The zero-order chi connectivity index (χ0) is 16.6. The Hall–Kier alpha value is -1.66. The van der Waals surface area contributed by atoms with E-state index in [1.807, 2.05) is 48.5 Å². The standard InChI is InChI=1S/C17H14Br2N2O2/c1-2-21-15(22)17(20-16(21)23,11-3-7-13(18)8-4-11)12-5-9-14(19)10-6-12/h3-10H,2H2,1H3,(H,20,23). The minimum atomic E-state index is -1.19. The Kier molecular flexibility index (Phi) is 4.29. The Bertz CT molecular complexity index is 712. The van der Waals surface area contributed by atoms with Crippen LogP contribution in [-0.2, 0) is 10.3 Å². The van der Waals surface area contributed by atoms with Gasteiger partial charge in [-0.15, -0.1) is 0 Å². The van der Waals surface area contributed by atoms with E-state index in [0.717, 1.165) is 20.1 Å². The first-order valence-corrected chi connectivity index (χ1v) is 8.74. The number of benzene rings is 2. The maximum absolute atomic E-state index is 13.1. The molecule has 0 aliphatic carbocycles. The number of hydrogen-bond acceptors (Lipinski definition) is 2. The fourth-order valence-electron chi connectivity index (χ4n) is 2.82. The van der Waals surface area contributed by atoms with E-state index < -0.39 is 5.54 Å². The van der Waals surface area contributed by atoms with Crippen LogP contribution in [0, 0.1) is 0 Å². The van der Waals surface area contributed by atoms with E-state index in [0.29, 0.717) is 6.54 Å². The van der Waals surface area contributed by atoms with Crippen molar-refractivity contribution in [2.24, 2.45) is 0 Å². The molecule has 0 unspecified atom stereocenters. The van der Waals surface area contributed by atoms with Crippen molar-refractivity contribution >= 4 is 43.8 Å². The van der Waals surface area contributed by atoms with E-state index in [2.05, 4.69) is 37.2 Å². The zero-order valence-corrected chi connectivity index (χ0v) is 15.5. The average molecular weight is 438 g/mol. The summed E-state index contributed by atoms with van der Waals surface area (Å²) in [6.07, 6.45) is 0. The van der Waals surface area contributed by atoms with Crippen molar-refractivity contribution in [1.29, 1.82) is 0 Å². The molecule has 3 rings (SSSR count). The first-order valence-electron chi connectivity index (χ1n) is 7.15. The van der Waals surface area contributed by atoms with Crippen LogP contribution in [0.5, 0.6) is 0 Å². The summed E-state index contributed by atoms with van der Waals surface area (Å²) in [5.41, 5.74) is 0.281. The monoisotopic (exact) mass is 436 g/mol. The summed E-state index contributed by atoms with van der Waals surface area (Å²) in [6, 6.07) is 14.5. The summed E-state index contributed by atoms with van der Waals surface area (Å²) in [7, 11) is 0. The average Bonchev–Trinajstić information content (AvgIpc) is 2.80. The van der Waals surface area contributed by atoms with Crippen LogP contribution in [0.1, 0.15) is 18.1 Å². The van der Waals surface area contributed by atoms with Gasteiger partial charge in [-0.05, 0) is 42.3 Å². The van der Waals surface area contributed by atoms with Crippen molar-refractivity contribution in [3.63, 3.8) is 0 Å². The minimum absolute atomic E-state index is 0.255. The molecule has 118 valence electrons. The molecule has 0 aromatic heterocycles. The van der Waals surface area contributed by atoms with Crippen LogP contribution in [0.15, 0.2) is 57.5 Å². The van der Waals surface area contributed by atoms with Crippen molar-refractivity contribution in [1.82, 2.24) is 10.2 Å². The Morgan fingerprint density at radius 2 is 1.35 bits per heavy atom. The van der Waals surface area contributed by atoms with E-state index in [1.54, 1.807) is 6.92 Å². The van der Waals surface area contributed by atoms with Crippen LogP contribution in [-0.4, -0.2) is 23.4 Å². The van der Waals surface area contributed by atoms with Crippen molar-refractivity contribution in [3.8, 4) is 0 Å². The molecule has 3 amide bonds. The number of rotatable bonds is 3. The Morgan fingerprint density at radius 1 is 0.913 bits per heavy atom. The van der Waals surface area contributed by atoms with Crippen LogP contribution in [0.2, 0.25) is 0 Å². The molecule has 0 atom stereocenters. The highest BCUT2D eigenvalue weighted by Gasteiger charge is 2.53. The molecule has 1 aliphatic heterocycles. The number of carbonyl (C=O) groups excluding carboxylic acids is 2. The lowest BCUT2D eigenvalue weighted by atomic mass is 9.82. The molecular weight excluding hydrogens is 424 g/mol. The second kappa shape index (κ2) is 6.09. The second-order valence-electron chi connectivity index (χ2n) is 5.24. The second-order valence-corrected chi connectivity index (χ2v) is 7.07. The van der Waals surface area contributed by atoms with Crippen LogP contribution < -0.4 is 5.32 Å². The van der Waals surface area contributed by atoms with Gasteiger partial charge in [0.2, 0.25) is 0 Å². The quantitative estimate of drug-likeness (QED) is 0.737. The third kappa shape index (κ3) is 2.60. The molecule has 0 radical (unpaired) electrons. The highest BCUT2D eigenvalue weighted by molar-refractivity contribution is 9.10. The van der Waals surface area contributed by atoms with Crippen molar-refractivity contribution in [2.45, 2.75) is 12.5 Å². The van der Waals surface area contributed by atoms with Gasteiger partial charge in [-0.2, -0.15) is 0 Å². The molecule has 2 aromatic rings. The number of amides is 3. The van der Waals surface area contributed by atoms with Gasteiger partial charge in [-0.3, -0.25) is 9.69 Å². The molecule has 23 heavy (non-hydrogen) atoms. The molecule has 0 spiro atoms. The van der Waals surface area contributed by atoms with Crippen molar-refractivity contribution in [2.75, 3.05) is 6.54 Å². The highest BCUT2D eigenvalue weighted by atomic mass is 79.9. The molecule has 0 saturated carbocycles. The largest absolute Gasteiger partial charge is 0.325 e. The first kappa shape index (κ1) is 16.2. The van der Waals surface area contributed by atoms with E-state index in [4.69, 9.17) is 0 Å². The lowest BCUT2D eigenvalue weighted by Crippen LogP contribution is -2.45. The Balaban J connectivity index is 2.22. The van der Waals surface area contributed by atoms with E-state index in [9.17, 15) is 9.59 Å². The third-order valence-corrected chi connectivity index (χ3v) is 5.03. The molecule has 1 N–H and O–H groups in total. The number of nitrogens with one attached hydrogen (secondary N) is 1. The number of halogens is 2. The van der Waals surface area contributed by atoms with E-state index in [1.165, 1.54) is 4.90 Å². The van der Waals surface area contributed by atoms with Gasteiger partial charge in [0.25, 0.3) is 5.91 Å². The molecule has 0 bridgehead atoms.